The lowest BCUT2D eigenvalue weighted by Gasteiger charge is -2.30. The molecule has 1 unspecified atom stereocenters. The zero-order chi connectivity index (χ0) is 12.5. The van der Waals surface area contributed by atoms with Gasteiger partial charge in [-0.3, -0.25) is 4.79 Å². The molecule has 96 valence electrons. The summed E-state index contributed by atoms with van der Waals surface area (Å²) >= 11 is 1.95. The second kappa shape index (κ2) is 4.84. The Labute approximate surface area is 112 Å². The first-order valence-electron chi connectivity index (χ1n) is 6.52. The van der Waals surface area contributed by atoms with Crippen LogP contribution in [0.4, 0.5) is 5.69 Å². The molecule has 1 fully saturated rings. The number of thioether (sulfide) groups is 1. The summed E-state index contributed by atoms with van der Waals surface area (Å²) in [7, 11) is 0. The fraction of sp³-hybridized carbons (Fsp3) is 0.500. The molecule has 3 nitrogen and oxygen atoms in total. The van der Waals surface area contributed by atoms with Crippen LogP contribution >= 0.6 is 11.8 Å². The van der Waals surface area contributed by atoms with Gasteiger partial charge in [-0.1, -0.05) is 13.0 Å². The predicted octanol–water partition coefficient (Wildman–Crippen LogP) is 2.23. The molecule has 1 atom stereocenters. The smallest absolute Gasteiger partial charge is 0.253 e. The Balaban J connectivity index is 1.79. The van der Waals surface area contributed by atoms with Gasteiger partial charge in [-0.2, -0.15) is 11.8 Å². The van der Waals surface area contributed by atoms with Gasteiger partial charge in [0.25, 0.3) is 5.91 Å². The second-order valence-electron chi connectivity index (χ2n) is 4.98. The number of carbonyl (C=O) groups is 1. The number of amides is 1. The molecule has 0 radical (unpaired) electrons. The van der Waals surface area contributed by atoms with Crippen molar-refractivity contribution < 1.29 is 4.79 Å². The van der Waals surface area contributed by atoms with Gasteiger partial charge in [0, 0.05) is 41.9 Å². The Morgan fingerprint density at radius 1 is 1.50 bits per heavy atom. The van der Waals surface area contributed by atoms with Crippen LogP contribution in [0.2, 0.25) is 0 Å². The summed E-state index contributed by atoms with van der Waals surface area (Å²) in [6.45, 7) is 4.92. The number of hydrogen-bond donors (Lipinski definition) is 1. The highest BCUT2D eigenvalue weighted by Crippen LogP contribution is 2.25. The van der Waals surface area contributed by atoms with Gasteiger partial charge in [0.05, 0.1) is 0 Å². The Morgan fingerprint density at radius 3 is 3.22 bits per heavy atom. The Hall–Kier alpha value is -1.16. The van der Waals surface area contributed by atoms with E-state index in [-0.39, 0.29) is 5.91 Å². The summed E-state index contributed by atoms with van der Waals surface area (Å²) in [4.78, 5) is 14.4. The third kappa shape index (κ3) is 2.21. The van der Waals surface area contributed by atoms with E-state index < -0.39 is 0 Å². The van der Waals surface area contributed by atoms with Crippen LogP contribution in [-0.2, 0) is 6.42 Å². The minimum absolute atomic E-state index is 0.179. The predicted molar refractivity (Wildman–Crippen MR) is 76.5 cm³/mol. The first-order chi connectivity index (χ1) is 8.74. The number of rotatable bonds is 1. The molecule has 1 N–H and O–H groups in total. The molecule has 0 bridgehead atoms. The van der Waals surface area contributed by atoms with Crippen molar-refractivity contribution >= 4 is 23.4 Å². The second-order valence-corrected chi connectivity index (χ2v) is 6.53. The van der Waals surface area contributed by atoms with Gasteiger partial charge in [-0.05, 0) is 24.1 Å². The summed E-state index contributed by atoms with van der Waals surface area (Å²) in [5, 5.41) is 3.88. The van der Waals surface area contributed by atoms with Gasteiger partial charge in [0.1, 0.15) is 0 Å². The highest BCUT2D eigenvalue weighted by Gasteiger charge is 2.23. The van der Waals surface area contributed by atoms with Crippen molar-refractivity contribution in [2.75, 3.05) is 30.7 Å². The largest absolute Gasteiger partial charge is 0.384 e. The van der Waals surface area contributed by atoms with Gasteiger partial charge >= 0.3 is 0 Å². The Kier molecular flexibility index (Phi) is 3.20. The van der Waals surface area contributed by atoms with Crippen molar-refractivity contribution in [1.29, 1.82) is 0 Å². The number of benzene rings is 1. The van der Waals surface area contributed by atoms with E-state index in [4.69, 9.17) is 0 Å². The van der Waals surface area contributed by atoms with Crippen molar-refractivity contribution in [3.8, 4) is 0 Å². The number of nitrogens with zero attached hydrogens (tertiary/aromatic N) is 1. The standard InChI is InChI=1S/C14H18N2OS/c1-10-9-16(6-7-18-10)14(17)12-3-2-11-4-5-15-13(11)8-12/h2-3,8,10,15H,4-7,9H2,1H3. The van der Waals surface area contributed by atoms with Crippen molar-refractivity contribution in [3.63, 3.8) is 0 Å². The zero-order valence-electron chi connectivity index (χ0n) is 10.6. The zero-order valence-corrected chi connectivity index (χ0v) is 11.4. The molecule has 2 heterocycles. The van der Waals surface area contributed by atoms with Crippen LogP contribution in [-0.4, -0.2) is 41.4 Å². The lowest BCUT2D eigenvalue weighted by Crippen LogP contribution is -2.41. The molecule has 18 heavy (non-hydrogen) atoms. The number of fused-ring (bicyclic) bond motifs is 1. The molecule has 1 amide bonds. The molecule has 1 aromatic rings. The number of hydrogen-bond acceptors (Lipinski definition) is 3. The van der Waals surface area contributed by atoms with Crippen LogP contribution < -0.4 is 5.32 Å². The van der Waals surface area contributed by atoms with Crippen molar-refractivity contribution in [2.24, 2.45) is 0 Å². The van der Waals surface area contributed by atoms with Crippen LogP contribution in [0.5, 0.6) is 0 Å². The molecular formula is C14H18N2OS. The maximum atomic E-state index is 12.4. The third-order valence-electron chi connectivity index (χ3n) is 3.59. The third-order valence-corrected chi connectivity index (χ3v) is 4.73. The van der Waals surface area contributed by atoms with E-state index in [1.54, 1.807) is 0 Å². The quantitative estimate of drug-likeness (QED) is 0.842. The molecule has 2 aliphatic rings. The molecule has 3 rings (SSSR count). The molecule has 0 spiro atoms. The molecule has 4 heteroatoms. The average Bonchev–Trinajstić information content (AvgIpc) is 2.85. The molecule has 1 saturated heterocycles. The summed E-state index contributed by atoms with van der Waals surface area (Å²) in [6, 6.07) is 6.07. The van der Waals surface area contributed by atoms with E-state index in [1.165, 1.54) is 5.56 Å². The van der Waals surface area contributed by atoms with Crippen LogP contribution in [0.3, 0.4) is 0 Å². The lowest BCUT2D eigenvalue weighted by atomic mass is 10.1. The molecule has 2 aliphatic heterocycles. The summed E-state index contributed by atoms with van der Waals surface area (Å²) in [5.74, 6) is 1.23. The molecule has 0 aromatic heterocycles. The molecular weight excluding hydrogens is 244 g/mol. The minimum Gasteiger partial charge on any atom is -0.384 e. The topological polar surface area (TPSA) is 32.3 Å². The monoisotopic (exact) mass is 262 g/mol. The minimum atomic E-state index is 0.179. The normalized spacial score (nSPS) is 22.5. The van der Waals surface area contributed by atoms with Gasteiger partial charge in [-0.15, -0.1) is 0 Å². The summed E-state index contributed by atoms with van der Waals surface area (Å²) in [6.07, 6.45) is 1.07. The number of anilines is 1. The first-order valence-corrected chi connectivity index (χ1v) is 7.56. The van der Waals surface area contributed by atoms with E-state index in [2.05, 4.69) is 18.3 Å². The maximum Gasteiger partial charge on any atom is 0.253 e. The fourth-order valence-corrected chi connectivity index (χ4v) is 3.62. The molecule has 1 aromatic carbocycles. The van der Waals surface area contributed by atoms with Crippen LogP contribution in [0.25, 0.3) is 0 Å². The highest BCUT2D eigenvalue weighted by atomic mass is 32.2. The Morgan fingerprint density at radius 2 is 2.39 bits per heavy atom. The van der Waals surface area contributed by atoms with Gasteiger partial charge in [0.2, 0.25) is 0 Å². The SMILES string of the molecule is CC1CN(C(=O)c2ccc3c(c2)NCC3)CCS1. The van der Waals surface area contributed by atoms with Crippen LogP contribution in [0.15, 0.2) is 18.2 Å². The number of carbonyl (C=O) groups excluding carboxylic acids is 1. The molecule has 0 saturated carbocycles. The van der Waals surface area contributed by atoms with Crippen molar-refractivity contribution in [1.82, 2.24) is 4.90 Å². The van der Waals surface area contributed by atoms with E-state index in [0.717, 1.165) is 43.1 Å². The first kappa shape index (κ1) is 11.9. The van der Waals surface area contributed by atoms with E-state index in [1.807, 2.05) is 28.8 Å². The average molecular weight is 262 g/mol. The summed E-state index contributed by atoms with van der Waals surface area (Å²) in [5.41, 5.74) is 3.29. The van der Waals surface area contributed by atoms with E-state index in [0.29, 0.717) is 5.25 Å². The fourth-order valence-electron chi connectivity index (χ4n) is 2.61. The van der Waals surface area contributed by atoms with E-state index in [9.17, 15) is 4.79 Å². The molecule has 0 aliphatic carbocycles. The Bertz CT molecular complexity index is 475. The highest BCUT2D eigenvalue weighted by molar-refractivity contribution is 7.99. The van der Waals surface area contributed by atoms with E-state index >= 15 is 0 Å². The van der Waals surface area contributed by atoms with Crippen molar-refractivity contribution in [2.45, 2.75) is 18.6 Å². The van der Waals surface area contributed by atoms with Gasteiger partial charge < -0.3 is 10.2 Å². The van der Waals surface area contributed by atoms with Crippen LogP contribution in [0.1, 0.15) is 22.8 Å². The number of nitrogens with one attached hydrogen (secondary N) is 1. The van der Waals surface area contributed by atoms with Crippen molar-refractivity contribution in [3.05, 3.63) is 29.3 Å². The van der Waals surface area contributed by atoms with Crippen LogP contribution in [0, 0.1) is 0 Å². The lowest BCUT2D eigenvalue weighted by molar-refractivity contribution is 0.0763. The summed E-state index contributed by atoms with van der Waals surface area (Å²) < 4.78 is 0. The van der Waals surface area contributed by atoms with Gasteiger partial charge in [0.15, 0.2) is 0 Å². The maximum absolute atomic E-state index is 12.4. The van der Waals surface area contributed by atoms with Gasteiger partial charge in [-0.25, -0.2) is 0 Å².